The molecule has 28 heavy (non-hydrogen) atoms. The van der Waals surface area contributed by atoms with Crippen molar-refractivity contribution in [3.8, 4) is 22.6 Å². The first-order chi connectivity index (χ1) is 13.5. The standard InChI is InChI=1S/C23H18Cl2N2O/c1-15-4-3-5-17(14-15)22-16(2)26(20-10-6-18(24)7-11-20)23(28)27(22)21-12-8-19(25)9-13-21/h3-14H,1-2H3. The second-order valence-electron chi connectivity index (χ2n) is 6.71. The molecule has 1 heterocycles. The van der Waals surface area contributed by atoms with E-state index >= 15 is 0 Å². The zero-order chi connectivity index (χ0) is 19.8. The summed E-state index contributed by atoms with van der Waals surface area (Å²) in [6.07, 6.45) is 0. The lowest BCUT2D eigenvalue weighted by Crippen LogP contribution is -2.22. The highest BCUT2D eigenvalue weighted by molar-refractivity contribution is 6.30. The summed E-state index contributed by atoms with van der Waals surface area (Å²) in [4.78, 5) is 13.5. The molecule has 0 N–H and O–H groups in total. The van der Waals surface area contributed by atoms with Crippen LogP contribution in [0.5, 0.6) is 0 Å². The van der Waals surface area contributed by atoms with Crippen LogP contribution in [0.4, 0.5) is 0 Å². The average molecular weight is 409 g/mol. The molecule has 0 fully saturated rings. The highest BCUT2D eigenvalue weighted by Crippen LogP contribution is 2.28. The van der Waals surface area contributed by atoms with Crippen LogP contribution in [0.25, 0.3) is 22.6 Å². The Balaban J connectivity index is 2.05. The van der Waals surface area contributed by atoms with Gasteiger partial charge < -0.3 is 0 Å². The van der Waals surface area contributed by atoms with E-state index in [1.165, 1.54) is 0 Å². The molecular weight excluding hydrogens is 391 g/mol. The van der Waals surface area contributed by atoms with Gasteiger partial charge in [0.25, 0.3) is 0 Å². The third kappa shape index (κ3) is 3.28. The van der Waals surface area contributed by atoms with Gasteiger partial charge in [-0.3, -0.25) is 9.13 Å². The molecule has 0 amide bonds. The Hall–Kier alpha value is -2.75. The Morgan fingerprint density at radius 1 is 0.714 bits per heavy atom. The molecule has 0 radical (unpaired) electrons. The van der Waals surface area contributed by atoms with Crippen LogP contribution in [0.15, 0.2) is 77.6 Å². The van der Waals surface area contributed by atoms with Crippen molar-refractivity contribution in [2.24, 2.45) is 0 Å². The number of aryl methyl sites for hydroxylation is 1. The number of halogens is 2. The van der Waals surface area contributed by atoms with Gasteiger partial charge in [0.15, 0.2) is 0 Å². The van der Waals surface area contributed by atoms with Crippen molar-refractivity contribution in [3.05, 3.63) is 105 Å². The summed E-state index contributed by atoms with van der Waals surface area (Å²) in [6, 6.07) is 22.7. The molecule has 4 rings (SSSR count). The lowest BCUT2D eigenvalue weighted by molar-refractivity contribution is 0.896. The van der Waals surface area contributed by atoms with Gasteiger partial charge in [0.1, 0.15) is 0 Å². The van der Waals surface area contributed by atoms with Gasteiger partial charge >= 0.3 is 5.69 Å². The van der Waals surface area contributed by atoms with Gasteiger partial charge in [-0.05, 0) is 68.4 Å². The molecule has 0 aliphatic heterocycles. The molecule has 0 spiro atoms. The van der Waals surface area contributed by atoms with Crippen molar-refractivity contribution in [2.75, 3.05) is 0 Å². The van der Waals surface area contributed by atoms with E-state index in [4.69, 9.17) is 23.2 Å². The maximum atomic E-state index is 13.5. The molecule has 140 valence electrons. The van der Waals surface area contributed by atoms with Gasteiger partial charge in [-0.15, -0.1) is 0 Å². The van der Waals surface area contributed by atoms with Gasteiger partial charge in [0, 0.05) is 21.3 Å². The molecular formula is C23H18Cl2N2O. The minimum Gasteiger partial charge on any atom is -0.264 e. The Labute approximate surface area is 173 Å². The fourth-order valence-corrected chi connectivity index (χ4v) is 3.71. The van der Waals surface area contributed by atoms with Crippen molar-refractivity contribution in [1.82, 2.24) is 9.13 Å². The normalized spacial score (nSPS) is 11.0. The number of rotatable bonds is 3. The van der Waals surface area contributed by atoms with Crippen LogP contribution in [0.3, 0.4) is 0 Å². The number of hydrogen-bond donors (Lipinski definition) is 0. The Morgan fingerprint density at radius 2 is 1.25 bits per heavy atom. The van der Waals surface area contributed by atoms with E-state index in [0.717, 1.165) is 33.9 Å². The average Bonchev–Trinajstić information content (AvgIpc) is 2.94. The first kappa shape index (κ1) is 18.6. The van der Waals surface area contributed by atoms with E-state index in [-0.39, 0.29) is 5.69 Å². The van der Waals surface area contributed by atoms with E-state index < -0.39 is 0 Å². The van der Waals surface area contributed by atoms with E-state index in [0.29, 0.717) is 10.0 Å². The van der Waals surface area contributed by atoms with E-state index in [2.05, 4.69) is 6.07 Å². The SMILES string of the molecule is Cc1cccc(-c2c(C)n(-c3ccc(Cl)cc3)c(=O)n2-c2ccc(Cl)cc2)c1. The van der Waals surface area contributed by atoms with Crippen LogP contribution in [0, 0.1) is 13.8 Å². The lowest BCUT2D eigenvalue weighted by Gasteiger charge is -2.09. The van der Waals surface area contributed by atoms with Crippen molar-refractivity contribution < 1.29 is 0 Å². The second-order valence-corrected chi connectivity index (χ2v) is 7.58. The largest absolute Gasteiger partial charge is 0.338 e. The molecule has 0 atom stereocenters. The fraction of sp³-hybridized carbons (Fsp3) is 0.0870. The first-order valence-electron chi connectivity index (χ1n) is 8.89. The van der Waals surface area contributed by atoms with Crippen LogP contribution in [0.1, 0.15) is 11.3 Å². The number of hydrogen-bond acceptors (Lipinski definition) is 1. The summed E-state index contributed by atoms with van der Waals surface area (Å²) in [5.74, 6) is 0. The minimum absolute atomic E-state index is 0.140. The van der Waals surface area contributed by atoms with E-state index in [9.17, 15) is 4.79 Å². The predicted octanol–water partition coefficient (Wildman–Crippen LogP) is 6.22. The summed E-state index contributed by atoms with van der Waals surface area (Å²) >= 11 is 12.1. The molecule has 4 aromatic rings. The number of nitrogens with zero attached hydrogens (tertiary/aromatic N) is 2. The van der Waals surface area contributed by atoms with Gasteiger partial charge in [-0.1, -0.05) is 47.0 Å². The van der Waals surface area contributed by atoms with Gasteiger partial charge in [0.05, 0.1) is 17.1 Å². The highest BCUT2D eigenvalue weighted by atomic mass is 35.5. The van der Waals surface area contributed by atoms with Crippen LogP contribution < -0.4 is 5.69 Å². The van der Waals surface area contributed by atoms with Gasteiger partial charge in [0.2, 0.25) is 0 Å². The van der Waals surface area contributed by atoms with E-state index in [1.807, 2.05) is 56.3 Å². The maximum absolute atomic E-state index is 13.5. The summed E-state index contributed by atoms with van der Waals surface area (Å²) in [7, 11) is 0. The Kier molecular flexibility index (Phi) is 4.88. The van der Waals surface area contributed by atoms with Crippen LogP contribution in [-0.4, -0.2) is 9.13 Å². The van der Waals surface area contributed by atoms with Crippen molar-refractivity contribution in [1.29, 1.82) is 0 Å². The number of benzene rings is 3. The molecule has 0 saturated carbocycles. The van der Waals surface area contributed by atoms with Crippen LogP contribution in [0.2, 0.25) is 10.0 Å². The summed E-state index contributed by atoms with van der Waals surface area (Å²) < 4.78 is 3.44. The summed E-state index contributed by atoms with van der Waals surface area (Å²) in [5.41, 5.74) is 5.22. The Bertz CT molecular complexity index is 1200. The molecule has 5 heteroatoms. The number of imidazole rings is 1. The summed E-state index contributed by atoms with van der Waals surface area (Å²) in [5, 5.41) is 1.26. The quantitative estimate of drug-likeness (QED) is 0.395. The van der Waals surface area contributed by atoms with Gasteiger partial charge in [-0.2, -0.15) is 0 Å². The van der Waals surface area contributed by atoms with Crippen LogP contribution in [-0.2, 0) is 0 Å². The fourth-order valence-electron chi connectivity index (χ4n) is 3.46. The predicted molar refractivity (Wildman–Crippen MR) is 116 cm³/mol. The van der Waals surface area contributed by atoms with Gasteiger partial charge in [-0.25, -0.2) is 4.79 Å². The van der Waals surface area contributed by atoms with E-state index in [1.54, 1.807) is 33.4 Å². The molecule has 0 aliphatic carbocycles. The first-order valence-corrected chi connectivity index (χ1v) is 9.64. The highest BCUT2D eigenvalue weighted by Gasteiger charge is 2.20. The van der Waals surface area contributed by atoms with Crippen LogP contribution >= 0.6 is 23.2 Å². The molecule has 0 unspecified atom stereocenters. The zero-order valence-electron chi connectivity index (χ0n) is 15.5. The molecule has 3 nitrogen and oxygen atoms in total. The maximum Gasteiger partial charge on any atom is 0.338 e. The van der Waals surface area contributed by atoms with Crippen molar-refractivity contribution >= 4 is 23.2 Å². The molecule has 3 aromatic carbocycles. The molecule has 1 aromatic heterocycles. The molecule has 0 bridgehead atoms. The minimum atomic E-state index is -0.140. The third-order valence-corrected chi connectivity index (χ3v) is 5.25. The second kappa shape index (κ2) is 7.34. The zero-order valence-corrected chi connectivity index (χ0v) is 17.0. The third-order valence-electron chi connectivity index (χ3n) is 4.75. The van der Waals surface area contributed by atoms with Crippen molar-refractivity contribution in [2.45, 2.75) is 13.8 Å². The monoisotopic (exact) mass is 408 g/mol. The lowest BCUT2D eigenvalue weighted by atomic mass is 10.1. The topological polar surface area (TPSA) is 26.9 Å². The Morgan fingerprint density at radius 3 is 1.79 bits per heavy atom. The molecule has 0 saturated heterocycles. The van der Waals surface area contributed by atoms with Crippen molar-refractivity contribution in [3.63, 3.8) is 0 Å². The molecule has 0 aliphatic rings. The number of aromatic nitrogens is 2. The summed E-state index contributed by atoms with van der Waals surface area (Å²) in [6.45, 7) is 4.00. The smallest absolute Gasteiger partial charge is 0.264 e.